The lowest BCUT2D eigenvalue weighted by atomic mass is 10.2. The van der Waals surface area contributed by atoms with Crippen LogP contribution >= 0.6 is 0 Å². The Hall–Kier alpha value is -3.36. The Morgan fingerprint density at radius 3 is 2.48 bits per heavy atom. The van der Waals surface area contributed by atoms with Gasteiger partial charge in [0.05, 0.1) is 23.8 Å². The summed E-state index contributed by atoms with van der Waals surface area (Å²) in [6, 6.07) is 7.83. The molecule has 8 nitrogen and oxygen atoms in total. The summed E-state index contributed by atoms with van der Waals surface area (Å²) in [5.41, 5.74) is -1.11. The molecule has 0 aliphatic heterocycles. The molecule has 0 fully saturated rings. The maximum absolute atomic E-state index is 13.7. The van der Waals surface area contributed by atoms with Gasteiger partial charge in [0.15, 0.2) is 17.3 Å². The normalized spacial score (nSPS) is 10.0. The van der Waals surface area contributed by atoms with Gasteiger partial charge in [-0.3, -0.25) is 15.4 Å². The number of hydrogen-bond acceptors (Lipinski definition) is 5. The van der Waals surface area contributed by atoms with Gasteiger partial charge < -0.3 is 14.6 Å². The molecule has 2 aromatic rings. The number of ether oxygens (including phenoxy) is 2. The summed E-state index contributed by atoms with van der Waals surface area (Å²) in [5, 5.41) is 21.5. The van der Waals surface area contributed by atoms with E-state index in [2.05, 4.69) is 0 Å². The van der Waals surface area contributed by atoms with E-state index in [0.29, 0.717) is 11.8 Å². The van der Waals surface area contributed by atoms with Gasteiger partial charge in [0.1, 0.15) is 0 Å². The van der Waals surface area contributed by atoms with Crippen molar-refractivity contribution in [2.24, 2.45) is 0 Å². The van der Waals surface area contributed by atoms with E-state index < -0.39 is 28.2 Å². The quantitative estimate of drug-likeness (QED) is 0.642. The van der Waals surface area contributed by atoms with E-state index in [9.17, 15) is 19.3 Å². The van der Waals surface area contributed by atoms with Crippen LogP contribution in [-0.4, -0.2) is 23.2 Å². The van der Waals surface area contributed by atoms with Crippen LogP contribution in [0.3, 0.4) is 0 Å². The number of halogens is 1. The second-order valence-electron chi connectivity index (χ2n) is 4.24. The Morgan fingerprint density at radius 2 is 1.91 bits per heavy atom. The van der Waals surface area contributed by atoms with Gasteiger partial charge in [-0.15, -0.1) is 0 Å². The molecule has 0 atom stereocenters. The van der Waals surface area contributed by atoms with Gasteiger partial charge in [-0.1, -0.05) is 12.1 Å². The third-order valence-corrected chi connectivity index (χ3v) is 2.78. The molecule has 0 heterocycles. The van der Waals surface area contributed by atoms with Crippen molar-refractivity contribution in [1.82, 2.24) is 0 Å². The Balaban J connectivity index is 2.50. The molecule has 0 spiro atoms. The fourth-order valence-electron chi connectivity index (χ4n) is 1.80. The van der Waals surface area contributed by atoms with Crippen molar-refractivity contribution >= 4 is 17.5 Å². The summed E-state index contributed by atoms with van der Waals surface area (Å²) >= 11 is 0. The molecule has 9 heteroatoms. The number of rotatable bonds is 5. The number of nitrogens with zero attached hydrogens (tertiary/aromatic N) is 1. The van der Waals surface area contributed by atoms with E-state index >= 15 is 0 Å². The van der Waals surface area contributed by atoms with Crippen LogP contribution in [-0.2, 0) is 0 Å². The summed E-state index contributed by atoms with van der Waals surface area (Å²) < 4.78 is 24.2. The van der Waals surface area contributed by atoms with E-state index in [-0.39, 0.29) is 11.5 Å². The van der Waals surface area contributed by atoms with E-state index in [1.807, 2.05) is 0 Å². The van der Waals surface area contributed by atoms with Crippen LogP contribution in [0.2, 0.25) is 0 Å². The fourth-order valence-corrected chi connectivity index (χ4v) is 1.80. The molecule has 2 aromatic carbocycles. The van der Waals surface area contributed by atoms with E-state index in [1.54, 1.807) is 23.5 Å². The molecule has 0 unspecified atom stereocenters. The first-order chi connectivity index (χ1) is 10.9. The summed E-state index contributed by atoms with van der Waals surface area (Å²) in [4.78, 5) is 20.8. The first-order valence-electron chi connectivity index (χ1n) is 6.21. The third-order valence-electron chi connectivity index (χ3n) is 2.78. The van der Waals surface area contributed by atoms with Crippen molar-refractivity contribution in [2.45, 2.75) is 0 Å². The first kappa shape index (κ1) is 16.0. The molecule has 0 bridgehead atoms. The smallest absolute Gasteiger partial charge is 0.409 e. The number of nitrogens with one attached hydrogen (secondary N) is 1. The minimum Gasteiger partial charge on any atom is -0.493 e. The van der Waals surface area contributed by atoms with Crippen molar-refractivity contribution in [3.63, 3.8) is 0 Å². The van der Waals surface area contributed by atoms with Crippen LogP contribution < -0.4 is 14.8 Å². The van der Waals surface area contributed by atoms with E-state index in [1.165, 1.54) is 13.2 Å². The van der Waals surface area contributed by atoms with Crippen LogP contribution in [0.15, 0.2) is 36.4 Å². The maximum atomic E-state index is 13.7. The molecule has 2 rings (SSSR count). The first-order valence-corrected chi connectivity index (χ1v) is 6.21. The van der Waals surface area contributed by atoms with E-state index in [4.69, 9.17) is 14.6 Å². The second kappa shape index (κ2) is 6.60. The average Bonchev–Trinajstić information content (AvgIpc) is 2.50. The van der Waals surface area contributed by atoms with Crippen LogP contribution in [0.1, 0.15) is 0 Å². The zero-order chi connectivity index (χ0) is 17.0. The van der Waals surface area contributed by atoms with Gasteiger partial charge in [0.25, 0.3) is 0 Å². The molecule has 0 radical (unpaired) electrons. The molecule has 0 saturated heterocycles. The van der Waals surface area contributed by atoms with Crippen LogP contribution in [0, 0.1) is 15.9 Å². The number of carboxylic acid groups (broad SMARTS) is 1. The highest BCUT2D eigenvalue weighted by atomic mass is 19.1. The SMILES string of the molecule is COc1ccccc1Oc1cc(NC(=O)O)c(F)cc1[N+](=O)[O-]. The lowest BCUT2D eigenvalue weighted by Gasteiger charge is -2.11. The third kappa shape index (κ3) is 3.64. The van der Waals surface area contributed by atoms with Gasteiger partial charge in [-0.25, -0.2) is 9.18 Å². The lowest BCUT2D eigenvalue weighted by molar-refractivity contribution is -0.385. The molecular weight excluding hydrogens is 311 g/mol. The topological polar surface area (TPSA) is 111 Å². The minimum atomic E-state index is -1.51. The molecule has 1 amide bonds. The number of anilines is 1. The van der Waals surface area contributed by atoms with Gasteiger partial charge >= 0.3 is 11.8 Å². The molecule has 23 heavy (non-hydrogen) atoms. The number of benzene rings is 2. The average molecular weight is 322 g/mol. The fraction of sp³-hybridized carbons (Fsp3) is 0.0714. The van der Waals surface area contributed by atoms with Crippen molar-refractivity contribution in [2.75, 3.05) is 12.4 Å². The summed E-state index contributed by atoms with van der Waals surface area (Å²) in [7, 11) is 1.39. The Kier molecular flexibility index (Phi) is 4.60. The maximum Gasteiger partial charge on any atom is 0.409 e. The number of methoxy groups -OCH3 is 1. The molecule has 0 aromatic heterocycles. The van der Waals surface area contributed by atoms with Crippen LogP contribution in [0.25, 0.3) is 0 Å². The van der Waals surface area contributed by atoms with Crippen molar-refractivity contribution in [1.29, 1.82) is 0 Å². The number of hydrogen-bond donors (Lipinski definition) is 2. The zero-order valence-corrected chi connectivity index (χ0v) is 11.8. The predicted molar refractivity (Wildman–Crippen MR) is 77.8 cm³/mol. The van der Waals surface area contributed by atoms with Gasteiger partial charge in [-0.05, 0) is 12.1 Å². The molecule has 0 saturated carbocycles. The van der Waals surface area contributed by atoms with E-state index in [0.717, 1.165) is 6.07 Å². The molecule has 0 aliphatic rings. The number of nitro groups is 1. The van der Waals surface area contributed by atoms with Crippen molar-refractivity contribution in [3.05, 3.63) is 52.3 Å². The minimum absolute atomic E-state index is 0.158. The number of para-hydroxylation sites is 2. The second-order valence-corrected chi connectivity index (χ2v) is 4.24. The zero-order valence-electron chi connectivity index (χ0n) is 11.8. The predicted octanol–water partition coefficient (Wildman–Crippen LogP) is 3.62. The highest BCUT2D eigenvalue weighted by molar-refractivity contribution is 5.84. The summed E-state index contributed by atoms with van der Waals surface area (Å²) in [6.07, 6.45) is -1.51. The Morgan fingerprint density at radius 1 is 1.26 bits per heavy atom. The molecule has 120 valence electrons. The largest absolute Gasteiger partial charge is 0.493 e. The number of nitro benzene ring substituents is 1. The highest BCUT2D eigenvalue weighted by Crippen LogP contribution is 2.38. The number of amides is 1. The molecule has 0 aliphatic carbocycles. The lowest BCUT2D eigenvalue weighted by Crippen LogP contribution is -2.09. The summed E-state index contributed by atoms with van der Waals surface area (Å²) in [5.74, 6) is -0.957. The van der Waals surface area contributed by atoms with Crippen LogP contribution in [0.4, 0.5) is 20.6 Å². The van der Waals surface area contributed by atoms with Gasteiger partial charge in [0.2, 0.25) is 5.75 Å². The molecule has 2 N–H and O–H groups in total. The highest BCUT2D eigenvalue weighted by Gasteiger charge is 2.22. The monoisotopic (exact) mass is 322 g/mol. The van der Waals surface area contributed by atoms with Gasteiger partial charge in [0, 0.05) is 6.07 Å². The van der Waals surface area contributed by atoms with Crippen LogP contribution in [0.5, 0.6) is 17.2 Å². The number of carbonyl (C=O) groups is 1. The van der Waals surface area contributed by atoms with Gasteiger partial charge in [-0.2, -0.15) is 0 Å². The molecular formula is C14H11FN2O6. The van der Waals surface area contributed by atoms with Crippen molar-refractivity contribution in [3.8, 4) is 17.2 Å². The Labute approximate surface area is 129 Å². The summed E-state index contributed by atoms with van der Waals surface area (Å²) in [6.45, 7) is 0. The Bertz CT molecular complexity index is 765. The van der Waals surface area contributed by atoms with Crippen molar-refractivity contribution < 1.29 is 28.7 Å². The standard InChI is InChI=1S/C14H11FN2O6/c1-22-11-4-2-3-5-12(11)23-13-7-9(16-14(18)19)8(15)6-10(13)17(20)21/h2-7,16H,1H3,(H,18,19).